The van der Waals surface area contributed by atoms with Crippen LogP contribution in [0.3, 0.4) is 0 Å². The van der Waals surface area contributed by atoms with Crippen molar-refractivity contribution in [2.45, 2.75) is 13.0 Å². The molecule has 0 fully saturated rings. The van der Waals surface area contributed by atoms with Gasteiger partial charge in [0.2, 0.25) is 5.91 Å². The first kappa shape index (κ1) is 14.0. The van der Waals surface area contributed by atoms with Gasteiger partial charge in [-0.25, -0.2) is 10.2 Å². The van der Waals surface area contributed by atoms with Crippen LogP contribution in [0.5, 0.6) is 5.75 Å². The van der Waals surface area contributed by atoms with Crippen molar-refractivity contribution < 1.29 is 13.9 Å². The molecule has 0 atom stereocenters. The Bertz CT molecular complexity index is 602. The van der Waals surface area contributed by atoms with Crippen LogP contribution in [0.2, 0.25) is 0 Å². The zero-order valence-corrected chi connectivity index (χ0v) is 10.8. The molecule has 0 heterocycles. The van der Waals surface area contributed by atoms with E-state index in [0.717, 1.165) is 11.1 Å². The van der Waals surface area contributed by atoms with Crippen LogP contribution >= 0.6 is 0 Å². The van der Waals surface area contributed by atoms with Crippen LogP contribution in [0.25, 0.3) is 0 Å². The van der Waals surface area contributed by atoms with Gasteiger partial charge < -0.3 is 4.74 Å². The van der Waals surface area contributed by atoms with Gasteiger partial charge in [0.05, 0.1) is 6.42 Å². The van der Waals surface area contributed by atoms with Gasteiger partial charge in [0, 0.05) is 6.07 Å². The minimum atomic E-state index is -0.349. The maximum absolute atomic E-state index is 13.0. The van der Waals surface area contributed by atoms with E-state index in [-0.39, 0.29) is 24.8 Å². The maximum atomic E-state index is 13.0. The summed E-state index contributed by atoms with van der Waals surface area (Å²) in [5.41, 5.74) is 3.78. The molecule has 0 aliphatic heterocycles. The van der Waals surface area contributed by atoms with Crippen LogP contribution in [0, 0.1) is 5.82 Å². The summed E-state index contributed by atoms with van der Waals surface area (Å²) in [6.45, 7) is 0.261. The summed E-state index contributed by atoms with van der Waals surface area (Å²) in [7, 11) is 0. The van der Waals surface area contributed by atoms with Crippen molar-refractivity contribution in [3.05, 3.63) is 65.5 Å². The van der Waals surface area contributed by atoms with Gasteiger partial charge in [-0.15, -0.1) is 0 Å². The van der Waals surface area contributed by atoms with Crippen LogP contribution in [-0.2, 0) is 17.8 Å². The van der Waals surface area contributed by atoms with E-state index >= 15 is 0 Å². The Hall–Kier alpha value is -2.40. The number of hydrazine groups is 1. The molecule has 0 aromatic heterocycles. The maximum Gasteiger partial charge on any atom is 0.238 e. The van der Waals surface area contributed by atoms with Crippen molar-refractivity contribution in [1.82, 2.24) is 5.43 Å². The fourth-order valence-electron chi connectivity index (χ4n) is 1.81. The van der Waals surface area contributed by atoms with E-state index in [1.807, 2.05) is 24.3 Å². The van der Waals surface area contributed by atoms with E-state index in [2.05, 4.69) is 5.43 Å². The fraction of sp³-hybridized carbons (Fsp3) is 0.133. The first-order valence-corrected chi connectivity index (χ1v) is 6.13. The van der Waals surface area contributed by atoms with E-state index in [4.69, 9.17) is 10.6 Å². The highest BCUT2D eigenvalue weighted by Gasteiger charge is 2.07. The number of hydrogen-bond donors (Lipinski definition) is 2. The highest BCUT2D eigenvalue weighted by molar-refractivity contribution is 5.78. The summed E-state index contributed by atoms with van der Waals surface area (Å²) in [6.07, 6.45) is 0.180. The second kappa shape index (κ2) is 6.68. The molecule has 0 unspecified atom stereocenters. The summed E-state index contributed by atoms with van der Waals surface area (Å²) >= 11 is 0. The lowest BCUT2D eigenvalue weighted by Gasteiger charge is -2.10. The van der Waals surface area contributed by atoms with Crippen molar-refractivity contribution in [1.29, 1.82) is 0 Å². The summed E-state index contributed by atoms with van der Waals surface area (Å²) in [6, 6.07) is 13.3. The summed E-state index contributed by atoms with van der Waals surface area (Å²) in [5.74, 6) is 4.90. The van der Waals surface area contributed by atoms with Crippen molar-refractivity contribution in [3.63, 3.8) is 0 Å². The van der Waals surface area contributed by atoms with Crippen molar-refractivity contribution >= 4 is 5.91 Å². The largest absolute Gasteiger partial charge is 0.489 e. The number of amides is 1. The van der Waals surface area contributed by atoms with E-state index < -0.39 is 0 Å². The second-order valence-corrected chi connectivity index (χ2v) is 4.26. The Balaban J connectivity index is 2.07. The van der Waals surface area contributed by atoms with Crippen molar-refractivity contribution in [3.8, 4) is 5.75 Å². The highest BCUT2D eigenvalue weighted by atomic mass is 19.1. The minimum absolute atomic E-state index is 0.180. The quantitative estimate of drug-likeness (QED) is 0.497. The number of halogens is 1. The van der Waals surface area contributed by atoms with Crippen LogP contribution in [0.4, 0.5) is 4.39 Å². The van der Waals surface area contributed by atoms with Crippen LogP contribution in [0.15, 0.2) is 48.5 Å². The Kier molecular flexibility index (Phi) is 4.68. The molecule has 0 bridgehead atoms. The van der Waals surface area contributed by atoms with Gasteiger partial charge in [-0.2, -0.15) is 0 Å². The number of rotatable bonds is 5. The average molecular weight is 274 g/mol. The third-order valence-electron chi connectivity index (χ3n) is 2.82. The number of hydrogen-bond acceptors (Lipinski definition) is 3. The molecule has 20 heavy (non-hydrogen) atoms. The molecule has 0 spiro atoms. The zero-order chi connectivity index (χ0) is 14.4. The van der Waals surface area contributed by atoms with Gasteiger partial charge in [0.25, 0.3) is 0 Å². The van der Waals surface area contributed by atoms with Crippen LogP contribution in [-0.4, -0.2) is 5.91 Å². The number of benzene rings is 2. The number of carbonyl (C=O) groups is 1. The van der Waals surface area contributed by atoms with Gasteiger partial charge in [0.1, 0.15) is 18.2 Å². The smallest absolute Gasteiger partial charge is 0.238 e. The average Bonchev–Trinajstić information content (AvgIpc) is 2.46. The third-order valence-corrected chi connectivity index (χ3v) is 2.82. The Morgan fingerprint density at radius 3 is 2.60 bits per heavy atom. The number of carbonyl (C=O) groups excluding carboxylic acids is 1. The highest BCUT2D eigenvalue weighted by Crippen LogP contribution is 2.16. The molecule has 4 nitrogen and oxygen atoms in total. The fourth-order valence-corrected chi connectivity index (χ4v) is 1.81. The van der Waals surface area contributed by atoms with Crippen molar-refractivity contribution in [2.75, 3.05) is 0 Å². The first-order valence-electron chi connectivity index (χ1n) is 6.13. The molecule has 0 saturated carbocycles. The lowest BCUT2D eigenvalue weighted by atomic mass is 10.1. The van der Waals surface area contributed by atoms with Crippen LogP contribution < -0.4 is 16.0 Å². The lowest BCUT2D eigenvalue weighted by molar-refractivity contribution is -0.120. The van der Waals surface area contributed by atoms with Gasteiger partial charge in [-0.05, 0) is 23.3 Å². The van der Waals surface area contributed by atoms with Gasteiger partial charge >= 0.3 is 0 Å². The molecule has 0 aliphatic carbocycles. The van der Waals surface area contributed by atoms with E-state index in [9.17, 15) is 9.18 Å². The van der Waals surface area contributed by atoms with Gasteiger partial charge in [0.15, 0.2) is 0 Å². The predicted molar refractivity (Wildman–Crippen MR) is 73.2 cm³/mol. The standard InChI is InChI=1S/C15H15FN2O2/c16-13-6-3-7-14(9-13)20-10-12-5-2-1-4-11(12)8-15(19)18-17/h1-7,9H,8,10,17H2,(H,18,19). The number of nitrogens with one attached hydrogen (secondary N) is 1. The zero-order valence-electron chi connectivity index (χ0n) is 10.8. The Labute approximate surface area is 116 Å². The topological polar surface area (TPSA) is 64.3 Å². The number of ether oxygens (including phenoxy) is 1. The van der Waals surface area contributed by atoms with E-state index in [1.54, 1.807) is 12.1 Å². The predicted octanol–water partition coefficient (Wildman–Crippen LogP) is 1.94. The van der Waals surface area contributed by atoms with E-state index in [0.29, 0.717) is 5.75 Å². The normalized spacial score (nSPS) is 10.1. The molecule has 5 heteroatoms. The first-order chi connectivity index (χ1) is 9.69. The van der Waals surface area contributed by atoms with Crippen LogP contribution in [0.1, 0.15) is 11.1 Å². The second-order valence-electron chi connectivity index (χ2n) is 4.26. The minimum Gasteiger partial charge on any atom is -0.489 e. The summed E-state index contributed by atoms with van der Waals surface area (Å²) in [5, 5.41) is 0. The SMILES string of the molecule is NNC(=O)Cc1ccccc1COc1cccc(F)c1. The van der Waals surface area contributed by atoms with Gasteiger partial charge in [-0.3, -0.25) is 10.2 Å². The van der Waals surface area contributed by atoms with Gasteiger partial charge in [-0.1, -0.05) is 30.3 Å². The van der Waals surface area contributed by atoms with Crippen molar-refractivity contribution in [2.24, 2.45) is 5.84 Å². The van der Waals surface area contributed by atoms with E-state index in [1.165, 1.54) is 12.1 Å². The molecule has 1 amide bonds. The molecule has 0 saturated heterocycles. The molecular weight excluding hydrogens is 259 g/mol. The molecule has 3 N–H and O–H groups in total. The Morgan fingerprint density at radius 2 is 1.90 bits per heavy atom. The molecule has 2 rings (SSSR count). The Morgan fingerprint density at radius 1 is 1.15 bits per heavy atom. The molecular formula is C15H15FN2O2. The molecule has 2 aromatic rings. The molecule has 0 radical (unpaired) electrons. The summed E-state index contributed by atoms with van der Waals surface area (Å²) in [4.78, 5) is 11.3. The molecule has 2 aromatic carbocycles. The third kappa shape index (κ3) is 3.80. The molecule has 0 aliphatic rings. The number of nitrogens with two attached hydrogens (primary N) is 1. The lowest BCUT2D eigenvalue weighted by Crippen LogP contribution is -2.31. The molecule has 104 valence electrons. The summed E-state index contributed by atoms with van der Waals surface area (Å²) < 4.78 is 18.6. The monoisotopic (exact) mass is 274 g/mol.